The average molecular weight is 368 g/mol. The van der Waals surface area contributed by atoms with Gasteiger partial charge in [0.1, 0.15) is 6.29 Å². The summed E-state index contributed by atoms with van der Waals surface area (Å²) < 4.78 is 0. The summed E-state index contributed by atoms with van der Waals surface area (Å²) in [6, 6.07) is 7.45. The normalized spacial score (nSPS) is 23.0. The van der Waals surface area contributed by atoms with Gasteiger partial charge in [-0.15, -0.1) is 6.58 Å². The van der Waals surface area contributed by atoms with Crippen molar-refractivity contribution in [2.24, 2.45) is 0 Å². The number of benzene rings is 1. The van der Waals surface area contributed by atoms with Crippen molar-refractivity contribution in [2.45, 2.75) is 70.1 Å². The van der Waals surface area contributed by atoms with Gasteiger partial charge in [-0.25, -0.2) is 0 Å². The van der Waals surface area contributed by atoms with Gasteiger partial charge in [0.2, 0.25) is 0 Å². The van der Waals surface area contributed by atoms with E-state index in [9.17, 15) is 4.79 Å². The van der Waals surface area contributed by atoms with Gasteiger partial charge < -0.3 is 20.3 Å². The molecule has 27 heavy (non-hydrogen) atoms. The van der Waals surface area contributed by atoms with E-state index in [1.54, 1.807) is 0 Å². The lowest BCUT2D eigenvalue weighted by Gasteiger charge is -2.33. The third-order valence-electron chi connectivity index (χ3n) is 5.91. The largest absolute Gasteiger partial charge is 0.381 e. The second-order valence-corrected chi connectivity index (χ2v) is 7.72. The average Bonchev–Trinajstić information content (AvgIpc) is 3.00. The van der Waals surface area contributed by atoms with E-state index < -0.39 is 0 Å². The summed E-state index contributed by atoms with van der Waals surface area (Å²) in [6.07, 6.45) is 9.60. The fourth-order valence-electron chi connectivity index (χ4n) is 4.46. The van der Waals surface area contributed by atoms with Crippen LogP contribution in [0.25, 0.3) is 5.70 Å². The SMILES string of the molecule is C=CCCC(C=O)N1Cc2cc(NC3CCCCC3NCC)ccc2C1=C. The smallest absolute Gasteiger partial charge is 0.142 e. The maximum atomic E-state index is 11.6. The van der Waals surface area contributed by atoms with Crippen LogP contribution in [-0.2, 0) is 11.3 Å². The molecule has 0 amide bonds. The number of allylic oxidation sites excluding steroid dienone is 1. The van der Waals surface area contributed by atoms with Crippen LogP contribution in [0.1, 0.15) is 56.6 Å². The molecule has 0 spiro atoms. The molecule has 0 saturated heterocycles. The molecule has 1 aromatic carbocycles. The molecule has 0 aromatic heterocycles. The minimum atomic E-state index is -0.129. The van der Waals surface area contributed by atoms with Crippen molar-refractivity contribution in [2.75, 3.05) is 11.9 Å². The highest BCUT2D eigenvalue weighted by molar-refractivity contribution is 5.74. The molecule has 3 unspecified atom stereocenters. The molecule has 1 saturated carbocycles. The number of carbonyl (C=O) groups is 1. The summed E-state index contributed by atoms with van der Waals surface area (Å²) in [5, 5.41) is 7.39. The molecule has 4 nitrogen and oxygen atoms in total. The first-order chi connectivity index (χ1) is 13.2. The predicted octanol–water partition coefficient (Wildman–Crippen LogP) is 4.34. The Morgan fingerprint density at radius 2 is 2.07 bits per heavy atom. The van der Waals surface area contributed by atoms with Crippen LogP contribution in [0.4, 0.5) is 5.69 Å². The summed E-state index contributed by atoms with van der Waals surface area (Å²) in [5.74, 6) is 0. The summed E-state index contributed by atoms with van der Waals surface area (Å²) >= 11 is 0. The minimum absolute atomic E-state index is 0.129. The van der Waals surface area contributed by atoms with Crippen molar-refractivity contribution >= 4 is 17.7 Å². The van der Waals surface area contributed by atoms with E-state index in [0.29, 0.717) is 12.1 Å². The summed E-state index contributed by atoms with van der Waals surface area (Å²) in [4.78, 5) is 13.7. The maximum Gasteiger partial charge on any atom is 0.142 e. The first kappa shape index (κ1) is 19.7. The zero-order valence-electron chi connectivity index (χ0n) is 16.5. The molecule has 1 aliphatic carbocycles. The number of anilines is 1. The van der Waals surface area contributed by atoms with Crippen LogP contribution in [-0.4, -0.2) is 35.9 Å². The molecule has 0 bridgehead atoms. The molecular formula is C23H33N3O. The van der Waals surface area contributed by atoms with Crippen LogP contribution in [0.15, 0.2) is 37.4 Å². The maximum absolute atomic E-state index is 11.6. The molecule has 1 aromatic rings. The Bertz CT molecular complexity index is 682. The number of nitrogens with one attached hydrogen (secondary N) is 2. The van der Waals surface area contributed by atoms with Crippen molar-refractivity contribution in [3.05, 3.63) is 48.6 Å². The Morgan fingerprint density at radius 3 is 2.78 bits per heavy atom. The van der Waals surface area contributed by atoms with Crippen molar-refractivity contribution < 1.29 is 4.79 Å². The van der Waals surface area contributed by atoms with Gasteiger partial charge >= 0.3 is 0 Å². The van der Waals surface area contributed by atoms with Crippen molar-refractivity contribution in [3.63, 3.8) is 0 Å². The third kappa shape index (κ3) is 4.44. The number of aldehydes is 1. The third-order valence-corrected chi connectivity index (χ3v) is 5.91. The topological polar surface area (TPSA) is 44.4 Å². The van der Waals surface area contributed by atoms with Gasteiger partial charge in [0.25, 0.3) is 0 Å². The van der Waals surface area contributed by atoms with Crippen LogP contribution in [0.2, 0.25) is 0 Å². The lowest BCUT2D eigenvalue weighted by atomic mass is 9.90. The molecular weight excluding hydrogens is 334 g/mol. The summed E-state index contributed by atoms with van der Waals surface area (Å²) in [7, 11) is 0. The van der Waals surface area contributed by atoms with E-state index in [2.05, 4.69) is 53.8 Å². The van der Waals surface area contributed by atoms with Gasteiger partial charge in [0.05, 0.1) is 6.04 Å². The Kier molecular flexibility index (Phi) is 6.73. The molecule has 1 fully saturated rings. The fourth-order valence-corrected chi connectivity index (χ4v) is 4.46. The van der Waals surface area contributed by atoms with E-state index in [-0.39, 0.29) is 6.04 Å². The van der Waals surface area contributed by atoms with Crippen molar-refractivity contribution in [3.8, 4) is 0 Å². The van der Waals surface area contributed by atoms with Crippen LogP contribution < -0.4 is 10.6 Å². The molecule has 0 radical (unpaired) electrons. The molecule has 1 heterocycles. The molecule has 2 aliphatic rings. The van der Waals surface area contributed by atoms with Crippen molar-refractivity contribution in [1.29, 1.82) is 0 Å². The quantitative estimate of drug-likeness (QED) is 0.503. The molecule has 2 N–H and O–H groups in total. The predicted molar refractivity (Wildman–Crippen MR) is 114 cm³/mol. The molecule has 3 atom stereocenters. The second-order valence-electron chi connectivity index (χ2n) is 7.72. The van der Waals surface area contributed by atoms with Gasteiger partial charge in [0, 0.05) is 35.6 Å². The lowest BCUT2D eigenvalue weighted by molar-refractivity contribution is -0.111. The van der Waals surface area contributed by atoms with E-state index in [0.717, 1.165) is 43.5 Å². The van der Waals surface area contributed by atoms with E-state index in [1.165, 1.54) is 36.9 Å². The Hall–Kier alpha value is -2.07. The molecule has 1 aliphatic heterocycles. The van der Waals surface area contributed by atoms with Crippen LogP contribution >= 0.6 is 0 Å². The van der Waals surface area contributed by atoms with E-state index in [1.807, 2.05) is 6.08 Å². The van der Waals surface area contributed by atoms with Gasteiger partial charge in [-0.3, -0.25) is 0 Å². The van der Waals surface area contributed by atoms with Crippen molar-refractivity contribution in [1.82, 2.24) is 10.2 Å². The first-order valence-corrected chi connectivity index (χ1v) is 10.3. The van der Waals surface area contributed by atoms with Gasteiger partial charge in [0.15, 0.2) is 0 Å². The highest BCUT2D eigenvalue weighted by Gasteiger charge is 2.29. The molecule has 146 valence electrons. The number of fused-ring (bicyclic) bond motifs is 1. The van der Waals surface area contributed by atoms with Crippen LogP contribution in [0.5, 0.6) is 0 Å². The Morgan fingerprint density at radius 1 is 1.30 bits per heavy atom. The number of hydrogen-bond donors (Lipinski definition) is 2. The lowest BCUT2D eigenvalue weighted by Crippen LogP contribution is -2.46. The highest BCUT2D eigenvalue weighted by atomic mass is 16.1. The highest BCUT2D eigenvalue weighted by Crippen LogP contribution is 2.36. The van der Waals surface area contributed by atoms with Crippen LogP contribution in [0, 0.1) is 0 Å². The fraction of sp³-hybridized carbons (Fsp3) is 0.522. The number of carbonyl (C=O) groups excluding carboxylic acids is 1. The van der Waals surface area contributed by atoms with Gasteiger partial charge in [-0.1, -0.05) is 38.5 Å². The Balaban J connectivity index is 1.71. The van der Waals surface area contributed by atoms with Gasteiger partial charge in [-0.2, -0.15) is 0 Å². The zero-order chi connectivity index (χ0) is 19.2. The second kappa shape index (κ2) is 9.23. The van der Waals surface area contributed by atoms with E-state index >= 15 is 0 Å². The monoisotopic (exact) mass is 367 g/mol. The van der Waals surface area contributed by atoms with Gasteiger partial charge in [-0.05, 0) is 49.9 Å². The Labute approximate surface area is 163 Å². The van der Waals surface area contributed by atoms with Crippen LogP contribution in [0.3, 0.4) is 0 Å². The molecule has 4 heteroatoms. The first-order valence-electron chi connectivity index (χ1n) is 10.3. The number of nitrogens with zero attached hydrogens (tertiary/aromatic N) is 1. The van der Waals surface area contributed by atoms with E-state index in [4.69, 9.17) is 0 Å². The number of hydrogen-bond acceptors (Lipinski definition) is 4. The number of rotatable bonds is 9. The number of likely N-dealkylation sites (N-methyl/N-ethyl adjacent to an activating group) is 1. The molecule has 3 rings (SSSR count). The standard InChI is InChI=1S/C23H33N3O/c1-4-6-9-20(16-27)26-15-18-14-19(12-13-21(18)17(26)3)25-23-11-8-7-10-22(23)24-5-2/h4,12-14,16,20,22-25H,1,3,5-11,15H2,2H3. The minimum Gasteiger partial charge on any atom is -0.381 e. The summed E-state index contributed by atoms with van der Waals surface area (Å²) in [6.45, 7) is 12.0. The summed E-state index contributed by atoms with van der Waals surface area (Å²) in [5.41, 5.74) is 4.55. The zero-order valence-corrected chi connectivity index (χ0v) is 16.5.